The predicted octanol–water partition coefficient (Wildman–Crippen LogP) is 1.35. The summed E-state index contributed by atoms with van der Waals surface area (Å²) in [7, 11) is -3.41. The highest BCUT2D eigenvalue weighted by molar-refractivity contribution is 7.87. The van der Waals surface area contributed by atoms with Crippen molar-refractivity contribution in [2.75, 3.05) is 6.54 Å². The number of nitrogens with zero attached hydrogens (tertiary/aromatic N) is 1. The van der Waals surface area contributed by atoms with Gasteiger partial charge in [0.1, 0.15) is 0 Å². The van der Waals surface area contributed by atoms with Gasteiger partial charge in [-0.2, -0.15) is 17.4 Å². The van der Waals surface area contributed by atoms with Gasteiger partial charge in [0.05, 0.1) is 0 Å². The van der Waals surface area contributed by atoms with Crippen molar-refractivity contribution < 1.29 is 8.42 Å². The molecule has 0 aliphatic carbocycles. The first-order valence-electron chi connectivity index (χ1n) is 7.08. The molecule has 3 N–H and O–H groups in total. The molecule has 1 unspecified atom stereocenters. The Balaban J connectivity index is 2.05. The molecule has 1 aliphatic rings. The average Bonchev–Trinajstić information content (AvgIpc) is 2.46. The van der Waals surface area contributed by atoms with Crippen LogP contribution in [0.15, 0.2) is 24.3 Å². The zero-order valence-electron chi connectivity index (χ0n) is 11.9. The summed E-state index contributed by atoms with van der Waals surface area (Å²) in [5.74, 6) is 0. The lowest BCUT2D eigenvalue weighted by Gasteiger charge is -2.32. The zero-order chi connectivity index (χ0) is 14.6. The molecule has 0 bridgehead atoms. The summed E-state index contributed by atoms with van der Waals surface area (Å²) in [6, 6.07) is 7.71. The van der Waals surface area contributed by atoms with Crippen LogP contribution in [0.1, 0.15) is 37.3 Å². The van der Waals surface area contributed by atoms with Crippen LogP contribution in [0.25, 0.3) is 0 Å². The fourth-order valence-electron chi connectivity index (χ4n) is 2.61. The van der Waals surface area contributed by atoms with Crippen molar-refractivity contribution in [3.05, 3.63) is 35.4 Å². The third kappa shape index (κ3) is 3.58. The summed E-state index contributed by atoms with van der Waals surface area (Å²) < 4.78 is 29.0. The highest BCUT2D eigenvalue weighted by Gasteiger charge is 2.29. The molecule has 0 spiro atoms. The Bertz CT molecular complexity index is 545. The van der Waals surface area contributed by atoms with E-state index in [-0.39, 0.29) is 6.04 Å². The predicted molar refractivity (Wildman–Crippen MR) is 80.1 cm³/mol. The van der Waals surface area contributed by atoms with Crippen LogP contribution in [0.3, 0.4) is 0 Å². The van der Waals surface area contributed by atoms with E-state index in [9.17, 15) is 8.42 Å². The van der Waals surface area contributed by atoms with Crippen molar-refractivity contribution in [2.24, 2.45) is 5.73 Å². The van der Waals surface area contributed by atoms with Crippen molar-refractivity contribution in [1.29, 1.82) is 0 Å². The smallest absolute Gasteiger partial charge is 0.279 e. The molecule has 1 fully saturated rings. The number of hydrogen-bond donors (Lipinski definition) is 2. The van der Waals surface area contributed by atoms with E-state index in [1.807, 2.05) is 31.2 Å². The molecule has 0 amide bonds. The van der Waals surface area contributed by atoms with Gasteiger partial charge >= 0.3 is 0 Å². The Morgan fingerprint density at radius 1 is 1.30 bits per heavy atom. The Hall–Kier alpha value is -0.950. The lowest BCUT2D eigenvalue weighted by molar-refractivity contribution is 0.265. The van der Waals surface area contributed by atoms with Gasteiger partial charge in [-0.15, -0.1) is 0 Å². The minimum absolute atomic E-state index is 0.0750. The molecule has 0 saturated carbocycles. The van der Waals surface area contributed by atoms with Gasteiger partial charge in [-0.3, -0.25) is 0 Å². The topological polar surface area (TPSA) is 75.4 Å². The zero-order valence-corrected chi connectivity index (χ0v) is 12.7. The quantitative estimate of drug-likeness (QED) is 0.861. The van der Waals surface area contributed by atoms with Crippen molar-refractivity contribution in [3.63, 3.8) is 0 Å². The largest absolute Gasteiger partial charge is 0.326 e. The molecule has 2 rings (SSSR count). The first-order chi connectivity index (χ1) is 9.54. The molecule has 1 heterocycles. The maximum absolute atomic E-state index is 12.4. The summed E-state index contributed by atoms with van der Waals surface area (Å²) in [6.07, 6.45) is 2.97. The van der Waals surface area contributed by atoms with Gasteiger partial charge in [-0.1, -0.05) is 30.7 Å². The molecule has 5 nitrogen and oxygen atoms in total. The SMILES string of the molecule is CC1CCCCN1S(=O)(=O)NCc1ccccc1CN. The van der Waals surface area contributed by atoms with Gasteiger partial charge in [0.25, 0.3) is 10.2 Å². The van der Waals surface area contributed by atoms with Gasteiger partial charge in [0.15, 0.2) is 0 Å². The number of hydrogen-bond acceptors (Lipinski definition) is 3. The summed E-state index contributed by atoms with van der Waals surface area (Å²) in [5, 5.41) is 0. The van der Waals surface area contributed by atoms with E-state index < -0.39 is 10.2 Å². The van der Waals surface area contributed by atoms with Gasteiger partial charge < -0.3 is 5.73 Å². The van der Waals surface area contributed by atoms with Gasteiger partial charge in [0.2, 0.25) is 0 Å². The highest BCUT2D eigenvalue weighted by atomic mass is 32.2. The van der Waals surface area contributed by atoms with Crippen LogP contribution in [0.4, 0.5) is 0 Å². The van der Waals surface area contributed by atoms with Gasteiger partial charge in [-0.25, -0.2) is 0 Å². The van der Waals surface area contributed by atoms with E-state index >= 15 is 0 Å². The molecule has 0 aromatic heterocycles. The molecule has 6 heteroatoms. The standard InChI is InChI=1S/C14H23N3O2S/c1-12-6-4-5-9-17(12)20(18,19)16-11-14-8-3-2-7-13(14)10-15/h2-3,7-8,12,16H,4-6,9-11,15H2,1H3. The van der Waals surface area contributed by atoms with Crippen LogP contribution >= 0.6 is 0 Å². The summed E-state index contributed by atoms with van der Waals surface area (Å²) in [5.41, 5.74) is 7.57. The molecule has 0 radical (unpaired) electrons. The maximum Gasteiger partial charge on any atom is 0.279 e. The Labute approximate surface area is 121 Å². The number of nitrogens with one attached hydrogen (secondary N) is 1. The first-order valence-corrected chi connectivity index (χ1v) is 8.52. The highest BCUT2D eigenvalue weighted by Crippen LogP contribution is 2.19. The Kier molecular flexibility index (Phi) is 5.15. The average molecular weight is 297 g/mol. The maximum atomic E-state index is 12.4. The van der Waals surface area contributed by atoms with Crippen LogP contribution in [-0.4, -0.2) is 25.3 Å². The third-order valence-electron chi connectivity index (χ3n) is 3.83. The molecule has 1 saturated heterocycles. The molecule has 20 heavy (non-hydrogen) atoms. The van der Waals surface area contributed by atoms with Crippen molar-refractivity contribution in [3.8, 4) is 0 Å². The molecule has 1 aromatic carbocycles. The minimum Gasteiger partial charge on any atom is -0.326 e. The monoisotopic (exact) mass is 297 g/mol. The van der Waals surface area contributed by atoms with E-state index in [0.29, 0.717) is 19.6 Å². The van der Waals surface area contributed by atoms with Gasteiger partial charge in [-0.05, 0) is 30.9 Å². The molecule has 1 atom stereocenters. The Morgan fingerprint density at radius 3 is 2.65 bits per heavy atom. The van der Waals surface area contributed by atoms with Crippen molar-refractivity contribution in [2.45, 2.75) is 45.3 Å². The van der Waals surface area contributed by atoms with E-state index in [2.05, 4.69) is 4.72 Å². The second-order valence-electron chi connectivity index (χ2n) is 5.25. The normalized spacial score (nSPS) is 21.0. The minimum atomic E-state index is -3.41. The summed E-state index contributed by atoms with van der Waals surface area (Å²) >= 11 is 0. The Morgan fingerprint density at radius 2 is 2.00 bits per heavy atom. The fourth-order valence-corrected chi connectivity index (χ4v) is 4.06. The van der Waals surface area contributed by atoms with E-state index in [4.69, 9.17) is 5.73 Å². The first kappa shape index (κ1) is 15.4. The van der Waals surface area contributed by atoms with E-state index in [1.165, 1.54) is 0 Å². The number of benzene rings is 1. The second kappa shape index (κ2) is 6.67. The number of nitrogens with two attached hydrogens (primary N) is 1. The summed E-state index contributed by atoms with van der Waals surface area (Å²) in [6.45, 7) is 3.28. The van der Waals surface area contributed by atoms with Crippen LogP contribution in [-0.2, 0) is 23.3 Å². The van der Waals surface area contributed by atoms with Crippen LogP contribution in [0, 0.1) is 0 Å². The van der Waals surface area contributed by atoms with Crippen molar-refractivity contribution in [1.82, 2.24) is 9.03 Å². The lowest BCUT2D eigenvalue weighted by Crippen LogP contribution is -2.47. The van der Waals surface area contributed by atoms with E-state index in [1.54, 1.807) is 4.31 Å². The van der Waals surface area contributed by atoms with Crippen LogP contribution < -0.4 is 10.5 Å². The molecule has 112 valence electrons. The van der Waals surface area contributed by atoms with Crippen LogP contribution in [0.5, 0.6) is 0 Å². The lowest BCUT2D eigenvalue weighted by atomic mass is 10.1. The molecule has 1 aliphatic heterocycles. The fraction of sp³-hybridized carbons (Fsp3) is 0.571. The molecule has 1 aromatic rings. The third-order valence-corrected chi connectivity index (χ3v) is 5.50. The second-order valence-corrected chi connectivity index (χ2v) is 6.96. The molecular formula is C14H23N3O2S. The van der Waals surface area contributed by atoms with Crippen molar-refractivity contribution >= 4 is 10.2 Å². The van der Waals surface area contributed by atoms with E-state index in [0.717, 1.165) is 30.4 Å². The number of piperidine rings is 1. The molecular weight excluding hydrogens is 274 g/mol. The van der Waals surface area contributed by atoms with Crippen LogP contribution in [0.2, 0.25) is 0 Å². The van der Waals surface area contributed by atoms with Gasteiger partial charge in [0, 0.05) is 25.7 Å². The summed E-state index contributed by atoms with van der Waals surface area (Å²) in [4.78, 5) is 0. The number of rotatable bonds is 5.